The molecule has 0 saturated heterocycles. The molecule has 83 heavy (non-hydrogen) atoms. The standard InChI is InChI=1S/C77H138O6/c1-4-7-10-13-16-19-21-23-25-27-29-31-33-34-35-36-37-38-39-40-41-42-44-45-47-49-51-53-55-58-61-64-67-70-76(79)82-73-74(72-81-75(78)69-66-63-60-57-18-15-12-9-6-3)83-77(80)71-68-65-62-59-56-54-52-50-48-46-43-32-30-28-26-24-22-20-17-14-11-8-5-2/h8,11,17,20-21,23-24,26-27,29-30,32,74H,4-7,9-10,12-16,18-19,22,25,28,31,33-73H2,1-3H3/b11-8-,20-17-,23-21-,26-24-,29-27-,32-30-. The first-order valence-corrected chi connectivity index (χ1v) is 36.4. The van der Waals surface area contributed by atoms with Crippen LogP contribution in [0.1, 0.15) is 380 Å². The summed E-state index contributed by atoms with van der Waals surface area (Å²) in [5.74, 6) is -0.857. The van der Waals surface area contributed by atoms with Crippen molar-refractivity contribution in [3.8, 4) is 0 Å². The Balaban J connectivity index is 4.07. The van der Waals surface area contributed by atoms with Crippen LogP contribution < -0.4 is 0 Å². The maximum atomic E-state index is 12.9. The smallest absolute Gasteiger partial charge is 0.306 e. The monoisotopic (exact) mass is 1160 g/mol. The molecule has 482 valence electrons. The molecule has 0 N–H and O–H groups in total. The molecule has 0 bridgehead atoms. The van der Waals surface area contributed by atoms with Crippen molar-refractivity contribution in [3.05, 3.63) is 72.9 Å². The van der Waals surface area contributed by atoms with Crippen LogP contribution in [-0.2, 0) is 28.6 Å². The minimum atomic E-state index is -0.775. The van der Waals surface area contributed by atoms with Crippen molar-refractivity contribution in [2.75, 3.05) is 13.2 Å². The van der Waals surface area contributed by atoms with Gasteiger partial charge in [-0.2, -0.15) is 0 Å². The third-order valence-electron chi connectivity index (χ3n) is 16.2. The zero-order valence-corrected chi connectivity index (χ0v) is 55.5. The van der Waals surface area contributed by atoms with E-state index in [1.165, 1.54) is 250 Å². The summed E-state index contributed by atoms with van der Waals surface area (Å²) in [7, 11) is 0. The van der Waals surface area contributed by atoms with Gasteiger partial charge in [0, 0.05) is 19.3 Å². The number of carbonyl (C=O) groups excluding carboxylic acids is 3. The van der Waals surface area contributed by atoms with Gasteiger partial charge in [0.05, 0.1) is 0 Å². The fourth-order valence-electron chi connectivity index (χ4n) is 10.8. The van der Waals surface area contributed by atoms with Crippen molar-refractivity contribution < 1.29 is 28.6 Å². The van der Waals surface area contributed by atoms with E-state index in [0.717, 1.165) is 89.9 Å². The molecule has 0 amide bonds. The molecule has 0 radical (unpaired) electrons. The van der Waals surface area contributed by atoms with Crippen LogP contribution in [0.5, 0.6) is 0 Å². The highest BCUT2D eigenvalue weighted by Gasteiger charge is 2.19. The molecule has 0 aliphatic rings. The summed E-state index contributed by atoms with van der Waals surface area (Å²) in [5.41, 5.74) is 0. The number of rotatable bonds is 67. The average Bonchev–Trinajstić information content (AvgIpc) is 3.49. The van der Waals surface area contributed by atoms with Gasteiger partial charge in [-0.3, -0.25) is 14.4 Å². The van der Waals surface area contributed by atoms with Crippen LogP contribution in [0.4, 0.5) is 0 Å². The molecule has 0 aliphatic carbocycles. The Bertz CT molecular complexity index is 1520. The quantitative estimate of drug-likeness (QED) is 0.0261. The number of carbonyl (C=O) groups is 3. The number of unbranched alkanes of at least 4 members (excludes halogenated alkanes) is 44. The Morgan fingerprint density at radius 1 is 0.253 bits per heavy atom. The van der Waals surface area contributed by atoms with Crippen LogP contribution in [0.2, 0.25) is 0 Å². The lowest BCUT2D eigenvalue weighted by molar-refractivity contribution is -0.167. The van der Waals surface area contributed by atoms with Crippen LogP contribution in [-0.4, -0.2) is 37.2 Å². The van der Waals surface area contributed by atoms with E-state index in [0.29, 0.717) is 19.3 Å². The van der Waals surface area contributed by atoms with Gasteiger partial charge in [-0.05, 0) is 89.9 Å². The van der Waals surface area contributed by atoms with Gasteiger partial charge in [-0.15, -0.1) is 0 Å². The largest absolute Gasteiger partial charge is 0.462 e. The highest BCUT2D eigenvalue weighted by Crippen LogP contribution is 2.18. The molecular formula is C77H138O6. The lowest BCUT2D eigenvalue weighted by Crippen LogP contribution is -2.30. The summed E-state index contributed by atoms with van der Waals surface area (Å²) in [6, 6.07) is 0. The van der Waals surface area contributed by atoms with Crippen LogP contribution >= 0.6 is 0 Å². The second kappa shape index (κ2) is 71.3. The first-order chi connectivity index (χ1) is 41.0. The molecule has 0 fully saturated rings. The molecular weight excluding hydrogens is 1020 g/mol. The van der Waals surface area contributed by atoms with Crippen LogP contribution in [0, 0.1) is 0 Å². The highest BCUT2D eigenvalue weighted by atomic mass is 16.6. The fraction of sp³-hybridized carbons (Fsp3) is 0.805. The van der Waals surface area contributed by atoms with Gasteiger partial charge in [0.15, 0.2) is 6.10 Å². The summed E-state index contributed by atoms with van der Waals surface area (Å²) < 4.78 is 16.9. The average molecular weight is 1160 g/mol. The van der Waals surface area contributed by atoms with E-state index in [2.05, 4.69) is 93.7 Å². The van der Waals surface area contributed by atoms with Crippen LogP contribution in [0.3, 0.4) is 0 Å². The summed E-state index contributed by atoms with van der Waals surface area (Å²) in [4.78, 5) is 38.3. The van der Waals surface area contributed by atoms with Gasteiger partial charge >= 0.3 is 17.9 Å². The summed E-state index contributed by atoms with van der Waals surface area (Å²) in [6.45, 7) is 6.55. The molecule has 0 aliphatic heterocycles. The Kier molecular flexibility index (Phi) is 68.6. The lowest BCUT2D eigenvalue weighted by atomic mass is 10.0. The van der Waals surface area contributed by atoms with Crippen molar-refractivity contribution in [2.45, 2.75) is 386 Å². The van der Waals surface area contributed by atoms with Crippen molar-refractivity contribution >= 4 is 17.9 Å². The van der Waals surface area contributed by atoms with Crippen molar-refractivity contribution in [1.82, 2.24) is 0 Å². The van der Waals surface area contributed by atoms with Gasteiger partial charge < -0.3 is 14.2 Å². The van der Waals surface area contributed by atoms with E-state index in [1.807, 2.05) is 0 Å². The molecule has 1 atom stereocenters. The predicted molar refractivity (Wildman–Crippen MR) is 362 cm³/mol. The number of esters is 3. The van der Waals surface area contributed by atoms with Crippen LogP contribution in [0.15, 0.2) is 72.9 Å². The predicted octanol–water partition coefficient (Wildman–Crippen LogP) is 25.2. The minimum absolute atomic E-state index is 0.0719. The molecule has 0 saturated carbocycles. The van der Waals surface area contributed by atoms with Crippen LogP contribution in [0.25, 0.3) is 0 Å². The Morgan fingerprint density at radius 2 is 0.470 bits per heavy atom. The number of hydrogen-bond acceptors (Lipinski definition) is 6. The third kappa shape index (κ3) is 69.5. The number of hydrogen-bond donors (Lipinski definition) is 0. The van der Waals surface area contributed by atoms with E-state index >= 15 is 0 Å². The fourth-order valence-corrected chi connectivity index (χ4v) is 10.8. The lowest BCUT2D eigenvalue weighted by Gasteiger charge is -2.18. The zero-order chi connectivity index (χ0) is 59.9. The third-order valence-corrected chi connectivity index (χ3v) is 16.2. The Labute approximate surface area is 516 Å². The SMILES string of the molecule is CC/C=C\C/C=C\C/C=C\C/C=C\CCCCCCCCCCCCC(=O)OC(COC(=O)CCCCCCCCCCC)COC(=O)CCCCCCCCCCCCCCCCCCCCCCC/C=C\C/C=C\CCCCCCC. The molecule has 0 aromatic heterocycles. The molecule has 1 unspecified atom stereocenters. The molecule has 0 heterocycles. The van der Waals surface area contributed by atoms with E-state index in [1.54, 1.807) is 0 Å². The second-order valence-corrected chi connectivity index (χ2v) is 24.5. The topological polar surface area (TPSA) is 78.9 Å². The van der Waals surface area contributed by atoms with Crippen molar-refractivity contribution in [2.24, 2.45) is 0 Å². The van der Waals surface area contributed by atoms with Crippen molar-refractivity contribution in [1.29, 1.82) is 0 Å². The first kappa shape index (κ1) is 79.8. The molecule has 0 aromatic rings. The Hall–Kier alpha value is -3.15. The van der Waals surface area contributed by atoms with Gasteiger partial charge in [0.1, 0.15) is 13.2 Å². The summed E-state index contributed by atoms with van der Waals surface area (Å²) in [5, 5.41) is 0. The minimum Gasteiger partial charge on any atom is -0.462 e. The van der Waals surface area contributed by atoms with Gasteiger partial charge in [-0.1, -0.05) is 344 Å². The first-order valence-electron chi connectivity index (χ1n) is 36.4. The Morgan fingerprint density at radius 3 is 0.735 bits per heavy atom. The maximum Gasteiger partial charge on any atom is 0.306 e. The van der Waals surface area contributed by atoms with Gasteiger partial charge in [0.25, 0.3) is 0 Å². The molecule has 6 nitrogen and oxygen atoms in total. The maximum absolute atomic E-state index is 12.9. The van der Waals surface area contributed by atoms with E-state index in [-0.39, 0.29) is 31.1 Å². The molecule has 0 aromatic carbocycles. The molecule has 0 rings (SSSR count). The van der Waals surface area contributed by atoms with E-state index in [9.17, 15) is 14.4 Å². The summed E-state index contributed by atoms with van der Waals surface area (Å²) in [6.07, 6.45) is 93.9. The zero-order valence-electron chi connectivity index (χ0n) is 55.5. The second-order valence-electron chi connectivity index (χ2n) is 24.5. The molecule has 0 spiro atoms. The molecule has 6 heteroatoms. The number of allylic oxidation sites excluding steroid dienone is 12. The van der Waals surface area contributed by atoms with Gasteiger partial charge in [-0.25, -0.2) is 0 Å². The van der Waals surface area contributed by atoms with Crippen molar-refractivity contribution in [3.63, 3.8) is 0 Å². The van der Waals surface area contributed by atoms with Gasteiger partial charge in [0.2, 0.25) is 0 Å². The van der Waals surface area contributed by atoms with E-state index < -0.39 is 6.10 Å². The highest BCUT2D eigenvalue weighted by molar-refractivity contribution is 5.71. The number of ether oxygens (including phenoxy) is 3. The normalized spacial score (nSPS) is 12.5. The van der Waals surface area contributed by atoms with E-state index in [4.69, 9.17) is 14.2 Å². The summed E-state index contributed by atoms with van der Waals surface area (Å²) >= 11 is 0.